The van der Waals surface area contributed by atoms with E-state index < -0.39 is 0 Å². The minimum atomic E-state index is 0.170. The predicted octanol–water partition coefficient (Wildman–Crippen LogP) is 4.09. The summed E-state index contributed by atoms with van der Waals surface area (Å²) in [5.41, 5.74) is 3.18. The highest BCUT2D eigenvalue weighted by Gasteiger charge is 2.37. The molecule has 1 aromatic rings. The van der Waals surface area contributed by atoms with Gasteiger partial charge in [0.15, 0.2) is 0 Å². The summed E-state index contributed by atoms with van der Waals surface area (Å²) in [6.45, 7) is 7.28. The Labute approximate surface area is 129 Å². The smallest absolute Gasteiger partial charge is 0.0499 e. The van der Waals surface area contributed by atoms with Crippen LogP contribution in [0.25, 0.3) is 0 Å². The molecule has 3 rings (SSSR count). The van der Waals surface area contributed by atoms with Gasteiger partial charge in [-0.25, -0.2) is 0 Å². The highest BCUT2D eigenvalue weighted by atomic mass is 15.2. The van der Waals surface area contributed by atoms with E-state index in [1.807, 2.05) is 0 Å². The Morgan fingerprint density at radius 2 is 1.86 bits per heavy atom. The lowest BCUT2D eigenvalue weighted by Crippen LogP contribution is -2.50. The molecule has 21 heavy (non-hydrogen) atoms. The number of nitrogens with one attached hydrogen (secondary N) is 1. The highest BCUT2D eigenvalue weighted by molar-refractivity contribution is 5.31. The molecule has 1 N–H and O–H groups in total. The number of likely N-dealkylation sites (N-methyl/N-ethyl adjacent to an activating group) is 1. The van der Waals surface area contributed by atoms with Crippen molar-refractivity contribution in [2.75, 3.05) is 20.1 Å². The van der Waals surface area contributed by atoms with Crippen molar-refractivity contribution in [1.82, 2.24) is 10.2 Å². The van der Waals surface area contributed by atoms with E-state index in [0.29, 0.717) is 6.04 Å². The van der Waals surface area contributed by atoms with E-state index >= 15 is 0 Å². The molecule has 2 heteroatoms. The van der Waals surface area contributed by atoms with Gasteiger partial charge >= 0.3 is 0 Å². The standard InChI is InChI=1S/C19H30N2/c1-19(2,21-12-4-5-13-21)18(20-3)17-11-7-10-16(14-17)15-8-6-9-15/h7,10-11,14-15,18,20H,4-6,8-9,12-13H2,1-3H3. The van der Waals surface area contributed by atoms with Crippen LogP contribution in [0.5, 0.6) is 0 Å². The lowest BCUT2D eigenvalue weighted by molar-refractivity contribution is 0.110. The monoisotopic (exact) mass is 286 g/mol. The average Bonchev–Trinajstić information content (AvgIpc) is 2.92. The van der Waals surface area contributed by atoms with Crippen molar-refractivity contribution in [3.05, 3.63) is 35.4 Å². The lowest BCUT2D eigenvalue weighted by Gasteiger charge is -2.42. The van der Waals surface area contributed by atoms with Crippen molar-refractivity contribution in [2.45, 2.75) is 63.5 Å². The zero-order valence-corrected chi connectivity index (χ0v) is 13.9. The van der Waals surface area contributed by atoms with Crippen LogP contribution in [0.15, 0.2) is 24.3 Å². The van der Waals surface area contributed by atoms with Gasteiger partial charge in [0.2, 0.25) is 0 Å². The fourth-order valence-corrected chi connectivity index (χ4v) is 4.14. The molecule has 116 valence electrons. The number of likely N-dealkylation sites (tertiary alicyclic amines) is 1. The average molecular weight is 286 g/mol. The van der Waals surface area contributed by atoms with E-state index in [2.05, 4.69) is 55.4 Å². The van der Waals surface area contributed by atoms with Crippen LogP contribution in [-0.4, -0.2) is 30.6 Å². The lowest BCUT2D eigenvalue weighted by atomic mass is 9.78. The maximum Gasteiger partial charge on any atom is 0.0499 e. The van der Waals surface area contributed by atoms with Gasteiger partial charge in [-0.15, -0.1) is 0 Å². The molecule has 0 bridgehead atoms. The quantitative estimate of drug-likeness (QED) is 0.877. The van der Waals surface area contributed by atoms with Gasteiger partial charge in [0.1, 0.15) is 0 Å². The van der Waals surface area contributed by atoms with Gasteiger partial charge in [0.25, 0.3) is 0 Å². The topological polar surface area (TPSA) is 15.3 Å². The van der Waals surface area contributed by atoms with E-state index in [-0.39, 0.29) is 5.54 Å². The molecular weight excluding hydrogens is 256 g/mol. The molecule has 1 aliphatic carbocycles. The van der Waals surface area contributed by atoms with E-state index in [1.165, 1.54) is 50.8 Å². The van der Waals surface area contributed by atoms with Gasteiger partial charge in [-0.3, -0.25) is 4.90 Å². The number of benzene rings is 1. The van der Waals surface area contributed by atoms with Crippen LogP contribution < -0.4 is 5.32 Å². The van der Waals surface area contributed by atoms with Crippen molar-refractivity contribution < 1.29 is 0 Å². The Balaban J connectivity index is 1.84. The number of hydrogen-bond acceptors (Lipinski definition) is 2. The summed E-state index contributed by atoms with van der Waals surface area (Å²) in [5, 5.41) is 3.60. The van der Waals surface area contributed by atoms with Crippen LogP contribution in [0.3, 0.4) is 0 Å². The summed E-state index contributed by atoms with van der Waals surface area (Å²) in [5.74, 6) is 0.817. The minimum absolute atomic E-state index is 0.170. The summed E-state index contributed by atoms with van der Waals surface area (Å²) in [6.07, 6.45) is 6.86. The van der Waals surface area contributed by atoms with Crippen molar-refractivity contribution >= 4 is 0 Å². The molecule has 1 aliphatic heterocycles. The molecule has 0 spiro atoms. The molecule has 2 aliphatic rings. The first-order valence-electron chi connectivity index (χ1n) is 8.65. The van der Waals surface area contributed by atoms with E-state index in [1.54, 1.807) is 5.56 Å². The molecule has 1 saturated carbocycles. The second-order valence-corrected chi connectivity index (χ2v) is 7.37. The predicted molar refractivity (Wildman–Crippen MR) is 89.7 cm³/mol. The van der Waals surface area contributed by atoms with Crippen molar-refractivity contribution in [3.63, 3.8) is 0 Å². The molecule has 2 fully saturated rings. The van der Waals surface area contributed by atoms with Crippen LogP contribution in [0.2, 0.25) is 0 Å². The van der Waals surface area contributed by atoms with Crippen molar-refractivity contribution in [1.29, 1.82) is 0 Å². The molecule has 1 aromatic carbocycles. The molecule has 1 saturated heterocycles. The van der Waals surface area contributed by atoms with Gasteiger partial charge in [0.05, 0.1) is 0 Å². The third-order valence-electron chi connectivity index (χ3n) is 5.74. The highest BCUT2D eigenvalue weighted by Crippen LogP contribution is 2.39. The Morgan fingerprint density at radius 1 is 1.14 bits per heavy atom. The largest absolute Gasteiger partial charge is 0.311 e. The van der Waals surface area contributed by atoms with E-state index in [4.69, 9.17) is 0 Å². The maximum absolute atomic E-state index is 3.60. The van der Waals surface area contributed by atoms with E-state index in [9.17, 15) is 0 Å². The fraction of sp³-hybridized carbons (Fsp3) is 0.684. The summed E-state index contributed by atoms with van der Waals surface area (Å²) >= 11 is 0. The van der Waals surface area contributed by atoms with Crippen LogP contribution in [-0.2, 0) is 0 Å². The van der Waals surface area contributed by atoms with Crippen LogP contribution in [0.4, 0.5) is 0 Å². The molecule has 1 unspecified atom stereocenters. The van der Waals surface area contributed by atoms with Gasteiger partial charge < -0.3 is 5.32 Å². The molecule has 0 radical (unpaired) electrons. The van der Waals surface area contributed by atoms with Gasteiger partial charge in [0, 0.05) is 11.6 Å². The maximum atomic E-state index is 3.60. The summed E-state index contributed by atoms with van der Waals surface area (Å²) in [6, 6.07) is 9.75. The third-order valence-corrected chi connectivity index (χ3v) is 5.74. The Morgan fingerprint density at radius 3 is 2.43 bits per heavy atom. The normalized spacial score (nSPS) is 22.2. The van der Waals surface area contributed by atoms with Crippen LogP contribution >= 0.6 is 0 Å². The third kappa shape index (κ3) is 2.89. The Kier molecular flexibility index (Phi) is 4.37. The van der Waals surface area contributed by atoms with Gasteiger partial charge in [-0.1, -0.05) is 30.7 Å². The SMILES string of the molecule is CNC(c1cccc(C2CCC2)c1)C(C)(C)N1CCCC1. The molecule has 0 amide bonds. The van der Waals surface area contributed by atoms with Gasteiger partial charge in [-0.2, -0.15) is 0 Å². The first-order chi connectivity index (χ1) is 10.1. The number of hydrogen-bond donors (Lipinski definition) is 1. The van der Waals surface area contributed by atoms with Crippen LogP contribution in [0.1, 0.15) is 69.0 Å². The van der Waals surface area contributed by atoms with Crippen molar-refractivity contribution in [2.24, 2.45) is 0 Å². The second kappa shape index (κ2) is 6.10. The molecule has 1 heterocycles. The Bertz CT molecular complexity index is 470. The zero-order chi connectivity index (χ0) is 14.9. The van der Waals surface area contributed by atoms with E-state index in [0.717, 1.165) is 5.92 Å². The van der Waals surface area contributed by atoms with Crippen molar-refractivity contribution in [3.8, 4) is 0 Å². The minimum Gasteiger partial charge on any atom is -0.311 e. The second-order valence-electron chi connectivity index (χ2n) is 7.37. The summed E-state index contributed by atoms with van der Waals surface area (Å²) in [7, 11) is 2.11. The first kappa shape index (κ1) is 15.1. The van der Waals surface area contributed by atoms with Crippen LogP contribution in [0, 0.1) is 0 Å². The fourth-order valence-electron chi connectivity index (χ4n) is 4.14. The molecule has 2 nitrogen and oxygen atoms in total. The Hall–Kier alpha value is -0.860. The number of nitrogens with zero attached hydrogens (tertiary/aromatic N) is 1. The number of rotatable bonds is 5. The first-order valence-corrected chi connectivity index (χ1v) is 8.65. The van der Waals surface area contributed by atoms with Gasteiger partial charge in [-0.05, 0) is 76.7 Å². The zero-order valence-electron chi connectivity index (χ0n) is 13.9. The molecular formula is C19H30N2. The molecule has 1 atom stereocenters. The molecule has 0 aromatic heterocycles. The summed E-state index contributed by atoms with van der Waals surface area (Å²) in [4.78, 5) is 2.66. The summed E-state index contributed by atoms with van der Waals surface area (Å²) < 4.78 is 0.